The number of rotatable bonds is 7. The number of anilines is 1. The molecule has 2 heterocycles. The Hall–Kier alpha value is -2.93. The van der Waals surface area contributed by atoms with Crippen molar-refractivity contribution < 1.29 is 9.59 Å². The molecule has 0 aliphatic rings. The quantitative estimate of drug-likeness (QED) is 0.640. The Morgan fingerprint density at radius 1 is 1.12 bits per heavy atom. The van der Waals surface area contributed by atoms with Gasteiger partial charge in [0.2, 0.25) is 0 Å². The number of hydrogen-bond acceptors (Lipinski definition) is 4. The maximum absolute atomic E-state index is 12.1. The zero-order chi connectivity index (χ0) is 17.5. The summed E-state index contributed by atoms with van der Waals surface area (Å²) in [6.07, 6.45) is 6.21. The van der Waals surface area contributed by atoms with Crippen molar-refractivity contribution in [2.24, 2.45) is 0 Å². The lowest BCUT2D eigenvalue weighted by Gasteiger charge is -2.07. The van der Waals surface area contributed by atoms with E-state index in [0.29, 0.717) is 22.7 Å². The van der Waals surface area contributed by atoms with Crippen LogP contribution in [-0.4, -0.2) is 27.9 Å². The lowest BCUT2D eigenvalue weighted by molar-refractivity contribution is 0.0952. The number of aryl methyl sites for hydroxylation is 1. The molecule has 0 saturated carbocycles. The molecular formula is C18H18N4O2S. The topological polar surface area (TPSA) is 76.0 Å². The minimum atomic E-state index is -0.147. The third kappa shape index (κ3) is 4.77. The highest BCUT2D eigenvalue weighted by molar-refractivity contribution is 7.12. The van der Waals surface area contributed by atoms with Gasteiger partial charge in [0, 0.05) is 36.7 Å². The van der Waals surface area contributed by atoms with Gasteiger partial charge < -0.3 is 15.2 Å². The summed E-state index contributed by atoms with van der Waals surface area (Å²) in [4.78, 5) is 28.7. The smallest absolute Gasteiger partial charge is 0.265 e. The molecule has 3 rings (SSSR count). The number of carbonyl (C=O) groups excluding carboxylic acids is 2. The number of nitrogens with zero attached hydrogens (tertiary/aromatic N) is 2. The Balaban J connectivity index is 1.46. The van der Waals surface area contributed by atoms with Crippen molar-refractivity contribution in [1.82, 2.24) is 14.9 Å². The van der Waals surface area contributed by atoms with E-state index in [1.165, 1.54) is 11.3 Å². The second-order valence-electron chi connectivity index (χ2n) is 5.42. The molecule has 128 valence electrons. The highest BCUT2D eigenvalue weighted by Crippen LogP contribution is 2.14. The first kappa shape index (κ1) is 16.9. The van der Waals surface area contributed by atoms with Crippen LogP contribution in [0.4, 0.5) is 5.69 Å². The molecule has 0 radical (unpaired) electrons. The molecule has 3 aromatic rings. The maximum Gasteiger partial charge on any atom is 0.265 e. The first-order valence-corrected chi connectivity index (χ1v) is 8.79. The molecule has 25 heavy (non-hydrogen) atoms. The molecule has 2 aromatic heterocycles. The average Bonchev–Trinajstić information content (AvgIpc) is 3.32. The van der Waals surface area contributed by atoms with Gasteiger partial charge in [0.25, 0.3) is 11.8 Å². The fourth-order valence-electron chi connectivity index (χ4n) is 2.29. The monoisotopic (exact) mass is 354 g/mol. The Kier molecular flexibility index (Phi) is 5.58. The summed E-state index contributed by atoms with van der Waals surface area (Å²) in [5.74, 6) is -0.270. The van der Waals surface area contributed by atoms with Gasteiger partial charge in [-0.05, 0) is 42.1 Å². The summed E-state index contributed by atoms with van der Waals surface area (Å²) in [7, 11) is 0. The zero-order valence-corrected chi connectivity index (χ0v) is 14.3. The fraction of sp³-hybridized carbons (Fsp3) is 0.167. The number of hydrogen-bond donors (Lipinski definition) is 2. The van der Waals surface area contributed by atoms with Crippen molar-refractivity contribution in [1.29, 1.82) is 0 Å². The molecule has 0 aliphatic carbocycles. The second kappa shape index (κ2) is 8.25. The molecule has 2 amide bonds. The van der Waals surface area contributed by atoms with Crippen LogP contribution in [0.15, 0.2) is 60.5 Å². The average molecular weight is 354 g/mol. The van der Waals surface area contributed by atoms with E-state index in [4.69, 9.17) is 0 Å². The number of thiophene rings is 1. The number of carbonyl (C=O) groups is 2. The number of amides is 2. The number of benzene rings is 1. The lowest BCUT2D eigenvalue weighted by Crippen LogP contribution is -2.25. The Bertz CT molecular complexity index is 811. The highest BCUT2D eigenvalue weighted by Gasteiger charge is 2.08. The van der Waals surface area contributed by atoms with Crippen LogP contribution in [0.3, 0.4) is 0 Å². The molecule has 0 aliphatic heterocycles. The van der Waals surface area contributed by atoms with Crippen molar-refractivity contribution in [3.8, 4) is 0 Å². The predicted octanol–water partition coefficient (Wildman–Crippen LogP) is 3.02. The van der Waals surface area contributed by atoms with E-state index in [1.807, 2.05) is 22.2 Å². The van der Waals surface area contributed by atoms with Crippen LogP contribution >= 0.6 is 11.3 Å². The minimum Gasteiger partial charge on any atom is -0.352 e. The molecule has 1 aromatic carbocycles. The standard InChI is InChI=1S/C18H18N4O2S/c23-17(20-8-2-10-22-11-9-19-13-22)14-4-6-15(7-5-14)21-18(24)16-3-1-12-25-16/h1,3-7,9,11-13H,2,8,10H2,(H,20,23)(H,21,24). The molecule has 6 nitrogen and oxygen atoms in total. The van der Waals surface area contributed by atoms with Crippen LogP contribution in [0.25, 0.3) is 0 Å². The van der Waals surface area contributed by atoms with Crippen LogP contribution in [0.2, 0.25) is 0 Å². The Labute approximate surface area is 149 Å². The van der Waals surface area contributed by atoms with Gasteiger partial charge >= 0.3 is 0 Å². The van der Waals surface area contributed by atoms with Gasteiger partial charge in [-0.25, -0.2) is 4.98 Å². The predicted molar refractivity (Wildman–Crippen MR) is 97.9 cm³/mol. The van der Waals surface area contributed by atoms with E-state index in [0.717, 1.165) is 13.0 Å². The Morgan fingerprint density at radius 3 is 2.64 bits per heavy atom. The van der Waals surface area contributed by atoms with Gasteiger partial charge in [0.1, 0.15) is 0 Å². The second-order valence-corrected chi connectivity index (χ2v) is 6.37. The third-order valence-corrected chi connectivity index (χ3v) is 4.46. The van der Waals surface area contributed by atoms with E-state index in [1.54, 1.807) is 42.9 Å². The van der Waals surface area contributed by atoms with E-state index in [2.05, 4.69) is 15.6 Å². The molecule has 0 saturated heterocycles. The molecule has 0 atom stereocenters. The molecule has 2 N–H and O–H groups in total. The number of imidazole rings is 1. The summed E-state index contributed by atoms with van der Waals surface area (Å²) in [5, 5.41) is 7.55. The molecular weight excluding hydrogens is 336 g/mol. The van der Waals surface area contributed by atoms with Gasteiger partial charge in [-0.1, -0.05) is 6.07 Å². The van der Waals surface area contributed by atoms with Gasteiger partial charge in [0.15, 0.2) is 0 Å². The SMILES string of the molecule is O=C(NCCCn1ccnc1)c1ccc(NC(=O)c2cccs2)cc1. The van der Waals surface area contributed by atoms with Crippen molar-refractivity contribution in [2.75, 3.05) is 11.9 Å². The summed E-state index contributed by atoms with van der Waals surface area (Å²) in [5.41, 5.74) is 1.23. The van der Waals surface area contributed by atoms with Crippen LogP contribution in [0, 0.1) is 0 Å². The van der Waals surface area contributed by atoms with E-state index < -0.39 is 0 Å². The van der Waals surface area contributed by atoms with Gasteiger partial charge in [-0.15, -0.1) is 11.3 Å². The third-order valence-electron chi connectivity index (χ3n) is 3.59. The first-order valence-electron chi connectivity index (χ1n) is 7.91. The first-order chi connectivity index (χ1) is 12.2. The Morgan fingerprint density at radius 2 is 1.96 bits per heavy atom. The fourth-order valence-corrected chi connectivity index (χ4v) is 2.91. The summed E-state index contributed by atoms with van der Waals surface area (Å²) >= 11 is 1.39. The minimum absolute atomic E-state index is 0.123. The van der Waals surface area contributed by atoms with Crippen molar-refractivity contribution in [3.63, 3.8) is 0 Å². The maximum atomic E-state index is 12.1. The summed E-state index contributed by atoms with van der Waals surface area (Å²) in [6.45, 7) is 1.40. The number of nitrogens with one attached hydrogen (secondary N) is 2. The van der Waals surface area contributed by atoms with Crippen molar-refractivity contribution in [2.45, 2.75) is 13.0 Å². The summed E-state index contributed by atoms with van der Waals surface area (Å²) in [6, 6.07) is 10.5. The molecule has 0 fully saturated rings. The van der Waals surface area contributed by atoms with Gasteiger partial charge in [0.05, 0.1) is 11.2 Å². The number of aromatic nitrogens is 2. The van der Waals surface area contributed by atoms with E-state index in [9.17, 15) is 9.59 Å². The van der Waals surface area contributed by atoms with Gasteiger partial charge in [-0.3, -0.25) is 9.59 Å². The largest absolute Gasteiger partial charge is 0.352 e. The molecule has 7 heteroatoms. The highest BCUT2D eigenvalue weighted by atomic mass is 32.1. The van der Waals surface area contributed by atoms with Crippen molar-refractivity contribution in [3.05, 3.63) is 70.9 Å². The zero-order valence-electron chi connectivity index (χ0n) is 13.5. The normalized spacial score (nSPS) is 10.4. The lowest BCUT2D eigenvalue weighted by atomic mass is 10.2. The summed E-state index contributed by atoms with van der Waals surface area (Å²) < 4.78 is 1.97. The molecule has 0 spiro atoms. The van der Waals surface area contributed by atoms with Crippen LogP contribution < -0.4 is 10.6 Å². The van der Waals surface area contributed by atoms with Crippen LogP contribution in [0.1, 0.15) is 26.5 Å². The van der Waals surface area contributed by atoms with Crippen molar-refractivity contribution >= 4 is 28.8 Å². The van der Waals surface area contributed by atoms with E-state index in [-0.39, 0.29) is 11.8 Å². The van der Waals surface area contributed by atoms with E-state index >= 15 is 0 Å². The molecule has 0 bridgehead atoms. The van der Waals surface area contributed by atoms with Crippen LogP contribution in [0.5, 0.6) is 0 Å². The van der Waals surface area contributed by atoms with Crippen LogP contribution in [-0.2, 0) is 6.54 Å². The molecule has 0 unspecified atom stereocenters. The van der Waals surface area contributed by atoms with Gasteiger partial charge in [-0.2, -0.15) is 0 Å².